The van der Waals surface area contributed by atoms with Gasteiger partial charge < -0.3 is 10.8 Å². The van der Waals surface area contributed by atoms with Gasteiger partial charge in [0.1, 0.15) is 5.75 Å². The molecule has 0 aliphatic rings. The summed E-state index contributed by atoms with van der Waals surface area (Å²) in [5.41, 5.74) is 8.89. The van der Waals surface area contributed by atoms with Crippen LogP contribution in [0.4, 0.5) is 0 Å². The molecule has 2 rings (SSSR count). The van der Waals surface area contributed by atoms with Crippen molar-refractivity contribution in [2.45, 2.75) is 6.42 Å². The zero-order chi connectivity index (χ0) is 13.0. The van der Waals surface area contributed by atoms with Crippen LogP contribution in [0.3, 0.4) is 0 Å². The fourth-order valence-corrected chi connectivity index (χ4v) is 1.86. The van der Waals surface area contributed by atoms with E-state index in [9.17, 15) is 5.11 Å². The maximum absolute atomic E-state index is 9.89. The third kappa shape index (κ3) is 3.47. The van der Waals surface area contributed by atoms with Gasteiger partial charge in [0, 0.05) is 5.56 Å². The van der Waals surface area contributed by atoms with E-state index in [0.29, 0.717) is 12.1 Å². The zero-order valence-corrected chi connectivity index (χ0v) is 11.2. The van der Waals surface area contributed by atoms with Crippen LogP contribution in [0.2, 0.25) is 0 Å². The molecule has 0 unspecified atom stereocenters. The number of aromatic hydroxyl groups is 1. The van der Waals surface area contributed by atoms with Gasteiger partial charge in [-0.05, 0) is 48.4 Å². The van der Waals surface area contributed by atoms with Crippen molar-refractivity contribution in [2.75, 3.05) is 6.54 Å². The Morgan fingerprint density at radius 3 is 2.37 bits per heavy atom. The maximum atomic E-state index is 9.89. The molecule has 4 heteroatoms. The second-order valence-electron chi connectivity index (χ2n) is 4.08. The predicted molar refractivity (Wildman–Crippen MR) is 78.3 cm³/mol. The van der Waals surface area contributed by atoms with Gasteiger partial charge in [-0.2, -0.15) is 5.26 Å². The van der Waals surface area contributed by atoms with Crippen LogP contribution in [0.25, 0.3) is 11.1 Å². The SMILES string of the molecule is Cl.N#Cc1ccc(-c2cc(CCN)ccc2O)cc1. The second-order valence-corrected chi connectivity index (χ2v) is 4.08. The number of nitrogens with zero attached hydrogens (tertiary/aromatic N) is 1. The summed E-state index contributed by atoms with van der Waals surface area (Å²) in [6, 6.07) is 14.7. The van der Waals surface area contributed by atoms with Crippen LogP contribution in [-0.2, 0) is 6.42 Å². The van der Waals surface area contributed by atoms with Gasteiger partial charge in [-0.15, -0.1) is 12.4 Å². The molecule has 0 fully saturated rings. The molecule has 0 heterocycles. The first kappa shape index (κ1) is 15.0. The standard InChI is InChI=1S/C15H14N2O.ClH/c16-8-7-11-3-6-15(18)14(9-11)13-4-1-12(10-17)2-5-13;/h1-6,9,18H,7-8,16H2;1H. The molecular weight excluding hydrogens is 260 g/mol. The van der Waals surface area contributed by atoms with E-state index < -0.39 is 0 Å². The highest BCUT2D eigenvalue weighted by molar-refractivity contribution is 5.85. The number of rotatable bonds is 3. The van der Waals surface area contributed by atoms with Crippen LogP contribution in [0.1, 0.15) is 11.1 Å². The van der Waals surface area contributed by atoms with Crippen molar-refractivity contribution < 1.29 is 5.11 Å². The molecule has 3 nitrogen and oxygen atoms in total. The van der Waals surface area contributed by atoms with Crippen LogP contribution in [0.15, 0.2) is 42.5 Å². The number of phenolic OH excluding ortho intramolecular Hbond substituents is 1. The minimum atomic E-state index is 0. The van der Waals surface area contributed by atoms with Crippen molar-refractivity contribution in [3.8, 4) is 22.9 Å². The van der Waals surface area contributed by atoms with Gasteiger partial charge in [0.25, 0.3) is 0 Å². The van der Waals surface area contributed by atoms with Crippen LogP contribution >= 0.6 is 12.4 Å². The lowest BCUT2D eigenvalue weighted by Gasteiger charge is -2.07. The van der Waals surface area contributed by atoms with Crippen LogP contribution in [0.5, 0.6) is 5.75 Å². The third-order valence-electron chi connectivity index (χ3n) is 2.82. The van der Waals surface area contributed by atoms with Gasteiger partial charge in [-0.1, -0.05) is 18.2 Å². The molecule has 0 saturated heterocycles. The number of benzene rings is 2. The molecule has 0 spiro atoms. The Bertz CT molecular complexity index is 588. The fraction of sp³-hybridized carbons (Fsp3) is 0.133. The highest BCUT2D eigenvalue weighted by atomic mass is 35.5. The van der Waals surface area contributed by atoms with Gasteiger partial charge in [0.05, 0.1) is 11.6 Å². The van der Waals surface area contributed by atoms with Gasteiger partial charge in [0.15, 0.2) is 0 Å². The molecule has 0 radical (unpaired) electrons. The molecule has 0 bridgehead atoms. The van der Waals surface area contributed by atoms with E-state index in [2.05, 4.69) is 6.07 Å². The van der Waals surface area contributed by atoms with Crippen LogP contribution in [0, 0.1) is 11.3 Å². The first-order chi connectivity index (χ1) is 8.74. The Balaban J connectivity index is 0.00000180. The highest BCUT2D eigenvalue weighted by Gasteiger charge is 2.05. The van der Waals surface area contributed by atoms with Crippen molar-refractivity contribution >= 4 is 12.4 Å². The van der Waals surface area contributed by atoms with Crippen LogP contribution < -0.4 is 5.73 Å². The van der Waals surface area contributed by atoms with Gasteiger partial charge in [-0.3, -0.25) is 0 Å². The average Bonchev–Trinajstić information content (AvgIpc) is 2.41. The summed E-state index contributed by atoms with van der Waals surface area (Å²) >= 11 is 0. The quantitative estimate of drug-likeness (QED) is 0.904. The lowest BCUT2D eigenvalue weighted by Crippen LogP contribution is -2.02. The topological polar surface area (TPSA) is 70.0 Å². The smallest absolute Gasteiger partial charge is 0.123 e. The number of nitrogens with two attached hydrogens (primary N) is 1. The molecule has 0 amide bonds. The van der Waals surface area contributed by atoms with Crippen molar-refractivity contribution in [2.24, 2.45) is 5.73 Å². The van der Waals surface area contributed by atoms with E-state index in [4.69, 9.17) is 11.0 Å². The zero-order valence-electron chi connectivity index (χ0n) is 10.3. The summed E-state index contributed by atoms with van der Waals surface area (Å²) < 4.78 is 0. The lowest BCUT2D eigenvalue weighted by molar-refractivity contribution is 0.477. The summed E-state index contributed by atoms with van der Waals surface area (Å²) in [5.74, 6) is 0.237. The second kappa shape index (κ2) is 6.79. The van der Waals surface area contributed by atoms with Gasteiger partial charge in [0.2, 0.25) is 0 Å². The summed E-state index contributed by atoms with van der Waals surface area (Å²) in [6.07, 6.45) is 0.781. The van der Waals surface area contributed by atoms with Crippen molar-refractivity contribution in [1.29, 1.82) is 5.26 Å². The number of hydrogen-bond acceptors (Lipinski definition) is 3. The van der Waals surface area contributed by atoms with E-state index in [1.807, 2.05) is 24.3 Å². The van der Waals surface area contributed by atoms with Crippen molar-refractivity contribution in [1.82, 2.24) is 0 Å². The lowest BCUT2D eigenvalue weighted by atomic mass is 10.00. The minimum absolute atomic E-state index is 0. The monoisotopic (exact) mass is 274 g/mol. The number of hydrogen-bond donors (Lipinski definition) is 2. The molecule has 2 aromatic carbocycles. The fourth-order valence-electron chi connectivity index (χ4n) is 1.86. The van der Waals surface area contributed by atoms with E-state index in [1.165, 1.54) is 0 Å². The Kier molecular flexibility index (Phi) is 5.37. The number of phenols is 1. The summed E-state index contributed by atoms with van der Waals surface area (Å²) in [5, 5.41) is 18.6. The average molecular weight is 275 g/mol. The normalized spacial score (nSPS) is 9.47. The summed E-state index contributed by atoms with van der Waals surface area (Å²) in [4.78, 5) is 0. The molecular formula is C15H15ClN2O. The third-order valence-corrected chi connectivity index (χ3v) is 2.82. The van der Waals surface area contributed by atoms with E-state index in [0.717, 1.165) is 23.1 Å². The predicted octanol–water partition coefficient (Wildman–Crippen LogP) is 2.85. The highest BCUT2D eigenvalue weighted by Crippen LogP contribution is 2.30. The summed E-state index contributed by atoms with van der Waals surface area (Å²) in [6.45, 7) is 0.581. The Morgan fingerprint density at radius 2 is 1.79 bits per heavy atom. The van der Waals surface area contributed by atoms with Crippen LogP contribution in [-0.4, -0.2) is 11.7 Å². The van der Waals surface area contributed by atoms with Gasteiger partial charge in [-0.25, -0.2) is 0 Å². The minimum Gasteiger partial charge on any atom is -0.507 e. The molecule has 3 N–H and O–H groups in total. The summed E-state index contributed by atoms with van der Waals surface area (Å²) in [7, 11) is 0. The first-order valence-corrected chi connectivity index (χ1v) is 5.77. The molecule has 19 heavy (non-hydrogen) atoms. The number of nitriles is 1. The molecule has 2 aromatic rings. The molecule has 0 atom stereocenters. The maximum Gasteiger partial charge on any atom is 0.123 e. The van der Waals surface area contributed by atoms with E-state index in [-0.39, 0.29) is 18.2 Å². The Hall–Kier alpha value is -2.02. The Morgan fingerprint density at radius 1 is 1.11 bits per heavy atom. The molecule has 98 valence electrons. The largest absolute Gasteiger partial charge is 0.507 e. The molecule has 0 saturated carbocycles. The first-order valence-electron chi connectivity index (χ1n) is 5.77. The van der Waals surface area contributed by atoms with E-state index >= 15 is 0 Å². The molecule has 0 aliphatic carbocycles. The van der Waals surface area contributed by atoms with E-state index in [1.54, 1.807) is 18.2 Å². The molecule has 0 aliphatic heterocycles. The van der Waals surface area contributed by atoms with Crippen molar-refractivity contribution in [3.63, 3.8) is 0 Å². The Labute approximate surface area is 118 Å². The van der Waals surface area contributed by atoms with Crippen molar-refractivity contribution in [3.05, 3.63) is 53.6 Å². The number of halogens is 1. The van der Waals surface area contributed by atoms with Gasteiger partial charge >= 0.3 is 0 Å². The molecule has 0 aromatic heterocycles.